The molecule has 1 aromatic rings. The van der Waals surface area contributed by atoms with Gasteiger partial charge in [0.25, 0.3) is 0 Å². The molecule has 0 radical (unpaired) electrons. The fourth-order valence-corrected chi connectivity index (χ4v) is 18.2. The molecule has 0 spiro atoms. The van der Waals surface area contributed by atoms with Crippen LogP contribution in [0.5, 0.6) is 0 Å². The summed E-state index contributed by atoms with van der Waals surface area (Å²) in [4.78, 5) is 0. The second kappa shape index (κ2) is 54.3. The fraction of sp³-hybridized carbons (Fsp3) is 0.930. The number of aliphatic hydroxyl groups is 28. The summed E-state index contributed by atoms with van der Waals surface area (Å²) in [6.07, 6.45) is -58.1. The molecule has 8 fully saturated rings. The van der Waals surface area contributed by atoms with E-state index in [2.05, 4.69) is 13.8 Å². The van der Waals surface area contributed by atoms with Gasteiger partial charge in [0.1, 0.15) is 195 Å². The van der Waals surface area contributed by atoms with Crippen molar-refractivity contribution in [3.8, 4) is 0 Å². The van der Waals surface area contributed by atoms with E-state index in [0.29, 0.717) is 49.7 Å². The summed E-state index contributed by atoms with van der Waals surface area (Å²) in [7, 11) is 0. The summed E-state index contributed by atoms with van der Waals surface area (Å²) in [5.74, 6) is 0. The lowest BCUT2D eigenvalue weighted by Crippen LogP contribution is -2.65. The van der Waals surface area contributed by atoms with Gasteiger partial charge in [-0.25, -0.2) is 0 Å². The molecule has 0 aromatic heterocycles. The van der Waals surface area contributed by atoms with Gasteiger partial charge < -0.3 is 219 Å². The van der Waals surface area contributed by atoms with Crippen LogP contribution in [0.2, 0.25) is 0 Å². The van der Waals surface area contributed by atoms with Crippen molar-refractivity contribution < 1.29 is 219 Å². The molecule has 0 aliphatic carbocycles. The summed E-state index contributed by atoms with van der Waals surface area (Å²) in [6.45, 7) is -5.45. The summed E-state index contributed by atoms with van der Waals surface area (Å²) in [6, 6.07) is 6.86. The molecule has 8 aliphatic heterocycles. The van der Waals surface area contributed by atoms with Crippen molar-refractivity contribution in [3.63, 3.8) is 0 Å². The van der Waals surface area contributed by atoms with Crippen molar-refractivity contribution in [2.75, 3.05) is 79.3 Å². The highest BCUT2D eigenvalue weighted by molar-refractivity contribution is 5.30. The smallest absolute Gasteiger partial charge is 0.187 e. The Balaban J connectivity index is 1.12. The van der Waals surface area contributed by atoms with E-state index < -0.39 is 336 Å². The van der Waals surface area contributed by atoms with E-state index in [1.165, 1.54) is 0 Å². The molecule has 40 atom stereocenters. The lowest BCUT2D eigenvalue weighted by Gasteiger charge is -2.47. The number of rotatable bonds is 54. The molecular formula is C86H150O44. The van der Waals surface area contributed by atoms with Gasteiger partial charge in [0.05, 0.1) is 79.3 Å². The summed E-state index contributed by atoms with van der Waals surface area (Å²) < 4.78 is 97.5. The Morgan fingerprint density at radius 2 is 0.408 bits per heavy atom. The van der Waals surface area contributed by atoms with E-state index in [-0.39, 0.29) is 25.7 Å². The number of unbranched alkanes of at least 4 members (excludes halogenated alkanes) is 18. The molecule has 0 amide bonds. The van der Waals surface area contributed by atoms with Gasteiger partial charge in [-0.1, -0.05) is 167 Å². The number of hydrogen-bond donors (Lipinski definition) is 28. The summed E-state index contributed by atoms with van der Waals surface area (Å²) >= 11 is 0. The molecule has 44 nitrogen and oxygen atoms in total. The van der Waals surface area contributed by atoms with Crippen molar-refractivity contribution in [1.82, 2.24) is 0 Å². The van der Waals surface area contributed by atoms with Crippen LogP contribution in [-0.2, 0) is 88.6 Å². The highest BCUT2D eigenvalue weighted by Crippen LogP contribution is 2.43. The van der Waals surface area contributed by atoms with Crippen LogP contribution in [0.3, 0.4) is 0 Å². The summed E-state index contributed by atoms with van der Waals surface area (Å²) in [5.41, 5.74) is -2.17. The average molecular weight is 1890 g/mol. The second-order valence-corrected chi connectivity index (χ2v) is 36.2. The predicted octanol–water partition coefficient (Wildman–Crippen LogP) is -8.07. The van der Waals surface area contributed by atoms with Crippen molar-refractivity contribution in [2.24, 2.45) is 10.8 Å². The Morgan fingerprint density at radius 3 is 0.608 bits per heavy atom. The van der Waals surface area contributed by atoms with Gasteiger partial charge in [-0.3, -0.25) is 0 Å². The predicted molar refractivity (Wildman–Crippen MR) is 441 cm³/mol. The Kier molecular flexibility index (Phi) is 46.4. The molecule has 28 N–H and O–H groups in total. The molecule has 8 saturated heterocycles. The van der Waals surface area contributed by atoms with Crippen LogP contribution in [0.4, 0.5) is 0 Å². The van der Waals surface area contributed by atoms with Crippen LogP contribution >= 0.6 is 0 Å². The Hall–Kier alpha value is -2.54. The molecule has 44 heteroatoms. The van der Waals surface area contributed by atoms with Crippen molar-refractivity contribution in [2.45, 2.75) is 414 Å². The van der Waals surface area contributed by atoms with E-state index in [0.717, 1.165) is 89.9 Å². The molecule has 1 aromatic carbocycles. The van der Waals surface area contributed by atoms with Gasteiger partial charge in [-0.2, -0.15) is 0 Å². The van der Waals surface area contributed by atoms with Crippen molar-refractivity contribution in [1.29, 1.82) is 0 Å². The zero-order valence-electron chi connectivity index (χ0n) is 73.9. The van der Waals surface area contributed by atoms with Gasteiger partial charge in [-0.05, 0) is 36.8 Å². The maximum Gasteiger partial charge on any atom is 0.187 e. The van der Waals surface area contributed by atoms with E-state index in [1.807, 2.05) is 0 Å². The maximum atomic E-state index is 12.2. The highest BCUT2D eigenvalue weighted by atomic mass is 16.8. The molecule has 758 valence electrons. The zero-order valence-corrected chi connectivity index (χ0v) is 73.9. The van der Waals surface area contributed by atoms with E-state index in [9.17, 15) is 143 Å². The normalized spacial score (nSPS) is 41.5. The first-order valence-electron chi connectivity index (χ1n) is 46.2. The molecule has 0 saturated carbocycles. The fourth-order valence-electron chi connectivity index (χ4n) is 18.2. The standard InChI is InChI=1S/C86H150O44/c1-3-5-7-9-11-13-15-17-19-23-27-85(39-115-77-69(111)61(103)73(49(35-91)123-77)127-81-65(107)57(99)53(95)45(31-87)119-81,40-116-78-70(112)62(104)74(50(36-92)124-78)128-82-66(108)58(100)54(96)46(32-88)120-82)29-43-25-21-22-26-44(43)30-86(28-24-20-18-16-14-12-10-8-6-4-2,41-117-79-71(113)63(105)75(51(37-93)125-79)129-83-67(109)59(101)55(97)47(33-89)121-83)42-118-80-72(114)64(106)76(52(38-94)126-80)130-84-68(110)60(102)56(98)48(34-90)122-84/h21-22,25-26,45-84,87-114H,3-20,23-24,27-42H2,1-2H3/t45?,46?,47?,48?,49?,50?,51?,52?,53-,54-,55-,56-,57+,58+,59+,60+,61-,62-,63-,64-,65?,66?,67?,68?,69?,70?,71?,72?,73-,74-,75-,76-,77-,78-,79-,80-,81+,82+,83+,84+,85?,86?/m1/s1. The van der Waals surface area contributed by atoms with Crippen molar-refractivity contribution in [3.05, 3.63) is 35.4 Å². The summed E-state index contributed by atoms with van der Waals surface area (Å²) in [5, 5.41) is 310. The SMILES string of the molecule is CCCCCCCCCCCCC(CO[C@@H]1OC(CO)[C@@H](O[C@@H]2OC(CO)[C@@H](O)[C@H](O)C2O)[C@H](O)C1O)(CO[C@@H]1OC(CO)[C@@H](O[C@@H]2OC(CO)[C@@H](O)[C@H](O)C2O)[C@H](O)C1O)Cc1ccccc1CC(CCCCCCCCCCCC)(CO[C@@H]1OC(CO)[C@@H](O[C@@H]2OC(CO)[C@@H](O)[C@H](O)C2O)[C@H](O)C1O)CO[C@@H]1OC(CO)[C@@H](O[C@@H]2OC(CO)[C@@H](O)[C@H](O)C2O)[C@H](O)C1O. The largest absolute Gasteiger partial charge is 0.394 e. The quantitative estimate of drug-likeness (QED) is 0.0269. The number of benzene rings is 1. The number of aliphatic hydroxyl groups excluding tert-OH is 28. The number of hydrogen-bond acceptors (Lipinski definition) is 44. The Labute approximate surface area is 755 Å². The van der Waals surface area contributed by atoms with E-state index >= 15 is 0 Å². The minimum absolute atomic E-state index is 0.0851. The topological polar surface area (TPSA) is 714 Å². The first kappa shape index (κ1) is 111. The van der Waals surface area contributed by atoms with Gasteiger partial charge in [-0.15, -0.1) is 0 Å². The van der Waals surface area contributed by atoms with Crippen LogP contribution in [0.1, 0.15) is 166 Å². The third-order valence-electron chi connectivity index (χ3n) is 26.4. The lowest BCUT2D eigenvalue weighted by molar-refractivity contribution is -0.365. The van der Waals surface area contributed by atoms with Crippen LogP contribution in [-0.4, -0.2) is 468 Å². The van der Waals surface area contributed by atoms with Crippen molar-refractivity contribution >= 4 is 0 Å². The van der Waals surface area contributed by atoms with Gasteiger partial charge in [0.15, 0.2) is 50.3 Å². The zero-order chi connectivity index (χ0) is 94.8. The van der Waals surface area contributed by atoms with E-state index in [4.69, 9.17) is 75.8 Å². The minimum Gasteiger partial charge on any atom is -0.394 e. The van der Waals surface area contributed by atoms with Gasteiger partial charge in [0.2, 0.25) is 0 Å². The van der Waals surface area contributed by atoms with Crippen LogP contribution < -0.4 is 0 Å². The van der Waals surface area contributed by atoms with Crippen LogP contribution in [0.25, 0.3) is 0 Å². The maximum absolute atomic E-state index is 12.2. The van der Waals surface area contributed by atoms with Crippen LogP contribution in [0, 0.1) is 10.8 Å². The molecule has 130 heavy (non-hydrogen) atoms. The highest BCUT2D eigenvalue weighted by Gasteiger charge is 2.58. The van der Waals surface area contributed by atoms with E-state index in [1.54, 1.807) is 24.3 Å². The Morgan fingerprint density at radius 1 is 0.223 bits per heavy atom. The molecular weight excluding hydrogens is 1740 g/mol. The Bertz CT molecular complexity index is 2890. The third kappa shape index (κ3) is 28.6. The molecule has 8 heterocycles. The first-order chi connectivity index (χ1) is 62.3. The van der Waals surface area contributed by atoms with Gasteiger partial charge >= 0.3 is 0 Å². The second-order valence-electron chi connectivity index (χ2n) is 36.2. The average Bonchev–Trinajstić information content (AvgIpc) is 0.787. The van der Waals surface area contributed by atoms with Gasteiger partial charge in [0, 0.05) is 10.8 Å². The third-order valence-corrected chi connectivity index (χ3v) is 26.4. The molecule has 8 aliphatic rings. The van der Waals surface area contributed by atoms with Crippen LogP contribution in [0.15, 0.2) is 24.3 Å². The molecule has 16 unspecified atom stereocenters. The minimum atomic E-state index is -2.11. The molecule has 9 rings (SSSR count). The lowest BCUT2D eigenvalue weighted by atomic mass is 9.73. The monoisotopic (exact) mass is 1890 g/mol. The molecule has 0 bridgehead atoms. The first-order valence-corrected chi connectivity index (χ1v) is 46.2. The number of ether oxygens (including phenoxy) is 16.